The molecule has 2 rings (SSSR count). The molecule has 1 unspecified atom stereocenters. The van der Waals surface area contributed by atoms with Crippen LogP contribution in [0.4, 0.5) is 0 Å². The monoisotopic (exact) mass is 290 g/mol. The molecule has 1 saturated heterocycles. The zero-order chi connectivity index (χ0) is 15.2. The van der Waals surface area contributed by atoms with Gasteiger partial charge < -0.3 is 15.0 Å². The lowest BCUT2D eigenvalue weighted by atomic mass is 10.0. The van der Waals surface area contributed by atoms with Gasteiger partial charge in [-0.25, -0.2) is 0 Å². The Morgan fingerprint density at radius 1 is 1.24 bits per heavy atom. The Bertz CT molecular complexity index is 482. The first-order chi connectivity index (χ1) is 10.1. The summed E-state index contributed by atoms with van der Waals surface area (Å²) in [6.07, 6.45) is 1.02. The lowest BCUT2D eigenvalue weighted by Crippen LogP contribution is -2.47. The normalized spacial score (nSPS) is 17.3. The van der Waals surface area contributed by atoms with Crippen LogP contribution in [-0.4, -0.2) is 43.0 Å². The zero-order valence-electron chi connectivity index (χ0n) is 12.5. The Labute approximate surface area is 125 Å². The number of piperidine rings is 1. The number of nitrogens with zero attached hydrogens (tertiary/aromatic N) is 1. The number of ether oxygens (including phenoxy) is 1. The highest BCUT2D eigenvalue weighted by atomic mass is 16.5. The fourth-order valence-electron chi connectivity index (χ4n) is 2.70. The summed E-state index contributed by atoms with van der Waals surface area (Å²) in [5, 5.41) is 2.91. The van der Waals surface area contributed by atoms with Gasteiger partial charge in [-0.2, -0.15) is 0 Å². The summed E-state index contributed by atoms with van der Waals surface area (Å²) < 4.78 is 5.38. The van der Waals surface area contributed by atoms with Crippen LogP contribution in [0.5, 0.6) is 0 Å². The number of carbonyl (C=O) groups excluding carboxylic acids is 2. The third kappa shape index (κ3) is 4.04. The maximum Gasteiger partial charge on any atom is 0.256 e. The van der Waals surface area contributed by atoms with Crippen LogP contribution in [0.15, 0.2) is 30.3 Å². The molecule has 0 saturated carbocycles. The number of methoxy groups -OCH3 is 1. The van der Waals surface area contributed by atoms with E-state index in [1.54, 1.807) is 7.11 Å². The molecule has 1 atom stereocenters. The quantitative estimate of drug-likeness (QED) is 0.914. The number of likely N-dealkylation sites (tertiary alicyclic amines) is 1. The van der Waals surface area contributed by atoms with Crippen LogP contribution in [0.2, 0.25) is 0 Å². The van der Waals surface area contributed by atoms with E-state index < -0.39 is 6.10 Å². The highest BCUT2D eigenvalue weighted by Crippen LogP contribution is 2.21. The van der Waals surface area contributed by atoms with Crippen LogP contribution in [0, 0.1) is 0 Å². The number of hydrogen-bond donors (Lipinski definition) is 1. The molecule has 1 fully saturated rings. The van der Waals surface area contributed by atoms with E-state index in [4.69, 9.17) is 4.74 Å². The predicted molar refractivity (Wildman–Crippen MR) is 79.6 cm³/mol. The van der Waals surface area contributed by atoms with Gasteiger partial charge in [-0.15, -0.1) is 0 Å². The van der Waals surface area contributed by atoms with Crippen LogP contribution in [-0.2, 0) is 14.3 Å². The standard InChI is InChI=1S/C16H22N2O3/c1-12(19)17-14-8-10-18(11-9-14)16(20)15(21-2)13-6-4-3-5-7-13/h3-7,14-15H,8-11H2,1-2H3,(H,17,19). The van der Waals surface area contributed by atoms with Crippen molar-refractivity contribution in [2.24, 2.45) is 0 Å². The molecule has 0 aliphatic carbocycles. The van der Waals surface area contributed by atoms with Crippen molar-refractivity contribution in [3.63, 3.8) is 0 Å². The van der Waals surface area contributed by atoms with E-state index in [2.05, 4.69) is 5.32 Å². The Balaban J connectivity index is 1.96. The summed E-state index contributed by atoms with van der Waals surface area (Å²) in [5.41, 5.74) is 0.869. The lowest BCUT2D eigenvalue weighted by Gasteiger charge is -2.34. The third-order valence-corrected chi connectivity index (χ3v) is 3.78. The number of amides is 2. The molecule has 2 amide bonds. The average Bonchev–Trinajstić information content (AvgIpc) is 2.49. The van der Waals surface area contributed by atoms with Gasteiger partial charge in [0.1, 0.15) is 0 Å². The second-order valence-corrected chi connectivity index (χ2v) is 5.33. The molecule has 0 bridgehead atoms. The molecule has 1 aliphatic rings. The molecular formula is C16H22N2O3. The number of benzene rings is 1. The average molecular weight is 290 g/mol. The summed E-state index contributed by atoms with van der Waals surface area (Å²) in [7, 11) is 1.56. The number of nitrogens with one attached hydrogen (secondary N) is 1. The van der Waals surface area contributed by atoms with Gasteiger partial charge in [0.2, 0.25) is 5.91 Å². The topological polar surface area (TPSA) is 58.6 Å². The fraction of sp³-hybridized carbons (Fsp3) is 0.500. The highest BCUT2D eigenvalue weighted by Gasteiger charge is 2.29. The van der Waals surface area contributed by atoms with E-state index in [-0.39, 0.29) is 17.9 Å². The molecule has 21 heavy (non-hydrogen) atoms. The Morgan fingerprint density at radius 2 is 1.86 bits per heavy atom. The van der Waals surface area contributed by atoms with Crippen molar-refractivity contribution < 1.29 is 14.3 Å². The smallest absolute Gasteiger partial charge is 0.256 e. The minimum atomic E-state index is -0.552. The van der Waals surface area contributed by atoms with Crippen LogP contribution >= 0.6 is 0 Å². The van der Waals surface area contributed by atoms with E-state index in [1.165, 1.54) is 6.92 Å². The van der Waals surface area contributed by atoms with Gasteiger partial charge in [-0.1, -0.05) is 30.3 Å². The van der Waals surface area contributed by atoms with E-state index >= 15 is 0 Å². The van der Waals surface area contributed by atoms with Gasteiger partial charge >= 0.3 is 0 Å². The van der Waals surface area contributed by atoms with Crippen molar-refractivity contribution in [1.29, 1.82) is 0 Å². The van der Waals surface area contributed by atoms with Crippen LogP contribution in [0.3, 0.4) is 0 Å². The van der Waals surface area contributed by atoms with Crippen LogP contribution in [0.1, 0.15) is 31.4 Å². The molecule has 5 heteroatoms. The lowest BCUT2D eigenvalue weighted by molar-refractivity contribution is -0.143. The van der Waals surface area contributed by atoms with Gasteiger partial charge in [0.05, 0.1) is 0 Å². The van der Waals surface area contributed by atoms with Crippen LogP contribution < -0.4 is 5.32 Å². The van der Waals surface area contributed by atoms with Gasteiger partial charge in [0, 0.05) is 33.2 Å². The molecular weight excluding hydrogens is 268 g/mol. The van der Waals surface area contributed by atoms with Crippen LogP contribution in [0.25, 0.3) is 0 Å². The summed E-state index contributed by atoms with van der Waals surface area (Å²) in [6, 6.07) is 9.69. The number of hydrogen-bond acceptors (Lipinski definition) is 3. The fourth-order valence-corrected chi connectivity index (χ4v) is 2.70. The summed E-state index contributed by atoms with van der Waals surface area (Å²) in [6.45, 7) is 2.82. The molecule has 0 radical (unpaired) electrons. The minimum absolute atomic E-state index is 0.00928. The van der Waals surface area contributed by atoms with Crippen molar-refractivity contribution in [2.45, 2.75) is 31.9 Å². The van der Waals surface area contributed by atoms with Gasteiger partial charge in [-0.05, 0) is 18.4 Å². The molecule has 1 aliphatic heterocycles. The molecule has 1 aromatic rings. The molecule has 114 valence electrons. The Morgan fingerprint density at radius 3 is 2.38 bits per heavy atom. The number of rotatable bonds is 4. The first kappa shape index (κ1) is 15.5. The summed E-state index contributed by atoms with van der Waals surface area (Å²) >= 11 is 0. The van der Waals surface area contributed by atoms with Crippen molar-refractivity contribution in [3.8, 4) is 0 Å². The van der Waals surface area contributed by atoms with E-state index in [1.807, 2.05) is 35.2 Å². The molecule has 5 nitrogen and oxygen atoms in total. The highest BCUT2D eigenvalue weighted by molar-refractivity contribution is 5.82. The first-order valence-electron chi connectivity index (χ1n) is 7.25. The Hall–Kier alpha value is -1.88. The molecule has 0 aromatic heterocycles. The van der Waals surface area contributed by atoms with E-state index in [9.17, 15) is 9.59 Å². The SMILES string of the molecule is COC(C(=O)N1CCC(NC(C)=O)CC1)c1ccccc1. The van der Waals surface area contributed by atoms with E-state index in [0.717, 1.165) is 18.4 Å². The predicted octanol–water partition coefficient (Wildman–Crippen LogP) is 1.50. The van der Waals surface area contributed by atoms with Crippen molar-refractivity contribution >= 4 is 11.8 Å². The molecule has 1 aromatic carbocycles. The molecule has 0 spiro atoms. The van der Waals surface area contributed by atoms with Crippen molar-refractivity contribution in [1.82, 2.24) is 10.2 Å². The van der Waals surface area contributed by atoms with E-state index in [0.29, 0.717) is 13.1 Å². The molecule has 1 N–H and O–H groups in total. The van der Waals surface area contributed by atoms with Gasteiger partial charge in [0.25, 0.3) is 5.91 Å². The zero-order valence-corrected chi connectivity index (χ0v) is 12.5. The van der Waals surface area contributed by atoms with Crippen molar-refractivity contribution in [2.75, 3.05) is 20.2 Å². The first-order valence-corrected chi connectivity index (χ1v) is 7.25. The summed E-state index contributed by atoms with van der Waals surface area (Å²) in [5.74, 6) is -0.0243. The van der Waals surface area contributed by atoms with Crippen molar-refractivity contribution in [3.05, 3.63) is 35.9 Å². The van der Waals surface area contributed by atoms with Gasteiger partial charge in [0.15, 0.2) is 6.10 Å². The minimum Gasteiger partial charge on any atom is -0.367 e. The third-order valence-electron chi connectivity index (χ3n) is 3.78. The second-order valence-electron chi connectivity index (χ2n) is 5.33. The maximum absolute atomic E-state index is 12.6. The molecule has 1 heterocycles. The maximum atomic E-state index is 12.6. The largest absolute Gasteiger partial charge is 0.367 e. The summed E-state index contributed by atoms with van der Waals surface area (Å²) in [4.78, 5) is 25.4. The number of carbonyl (C=O) groups is 2. The Kier molecular flexibility index (Phi) is 5.33. The second kappa shape index (κ2) is 7.22. The van der Waals surface area contributed by atoms with Gasteiger partial charge in [-0.3, -0.25) is 9.59 Å².